The lowest BCUT2D eigenvalue weighted by atomic mass is 10.3. The number of aromatic nitrogens is 2. The van der Waals surface area contributed by atoms with Gasteiger partial charge in [-0.15, -0.1) is 11.3 Å². The van der Waals surface area contributed by atoms with Gasteiger partial charge in [-0.1, -0.05) is 0 Å². The molecule has 0 aliphatic carbocycles. The molecule has 5 nitrogen and oxygen atoms in total. The van der Waals surface area contributed by atoms with E-state index in [1.807, 2.05) is 37.4 Å². The Bertz CT molecular complexity index is 580. The molecule has 0 fully saturated rings. The molecule has 0 aliphatic rings. The number of nitrogens with zero attached hydrogens (tertiary/aromatic N) is 3. The zero-order valence-electron chi connectivity index (χ0n) is 11.2. The van der Waals surface area contributed by atoms with Gasteiger partial charge in [-0.25, -0.2) is 9.97 Å². The van der Waals surface area contributed by atoms with Gasteiger partial charge in [0.2, 0.25) is 5.95 Å². The lowest BCUT2D eigenvalue weighted by molar-refractivity contribution is 0.0954. The number of anilines is 1. The van der Waals surface area contributed by atoms with Crippen LogP contribution in [0.2, 0.25) is 0 Å². The average molecular weight is 276 g/mol. The first-order valence-corrected chi connectivity index (χ1v) is 6.77. The minimum absolute atomic E-state index is 0.0666. The molecule has 0 saturated carbocycles. The summed E-state index contributed by atoms with van der Waals surface area (Å²) in [6.07, 6.45) is 1.69. The molecule has 100 valence electrons. The maximum Gasteiger partial charge on any atom is 0.261 e. The number of carbonyl (C=O) groups is 1. The second kappa shape index (κ2) is 5.79. The largest absolute Gasteiger partial charge is 0.347 e. The third kappa shape index (κ3) is 3.51. The molecule has 2 heterocycles. The van der Waals surface area contributed by atoms with E-state index < -0.39 is 0 Å². The van der Waals surface area contributed by atoms with Crippen LogP contribution in [0.1, 0.15) is 20.9 Å². The van der Waals surface area contributed by atoms with Crippen molar-refractivity contribution in [3.8, 4) is 0 Å². The monoisotopic (exact) mass is 276 g/mol. The SMILES string of the molecule is Cc1csc(C(=O)NCc2ccnc(N(C)C)n2)c1. The van der Waals surface area contributed by atoms with Crippen LogP contribution in [0.5, 0.6) is 0 Å². The Hall–Kier alpha value is -1.95. The van der Waals surface area contributed by atoms with Gasteiger partial charge in [-0.05, 0) is 30.0 Å². The van der Waals surface area contributed by atoms with E-state index in [1.54, 1.807) is 12.3 Å². The van der Waals surface area contributed by atoms with Crippen molar-refractivity contribution in [2.24, 2.45) is 0 Å². The number of amides is 1. The fourth-order valence-corrected chi connectivity index (χ4v) is 2.32. The number of carbonyl (C=O) groups excluding carboxylic acids is 1. The van der Waals surface area contributed by atoms with Crippen molar-refractivity contribution in [3.05, 3.63) is 39.8 Å². The van der Waals surface area contributed by atoms with E-state index in [9.17, 15) is 4.79 Å². The van der Waals surface area contributed by atoms with Crippen molar-refractivity contribution < 1.29 is 4.79 Å². The Labute approximate surface area is 116 Å². The van der Waals surface area contributed by atoms with Crippen LogP contribution in [0.4, 0.5) is 5.95 Å². The van der Waals surface area contributed by atoms with Gasteiger partial charge in [0.05, 0.1) is 17.1 Å². The molecule has 2 rings (SSSR count). The van der Waals surface area contributed by atoms with Crippen LogP contribution in [0.25, 0.3) is 0 Å². The van der Waals surface area contributed by atoms with Gasteiger partial charge in [0.25, 0.3) is 5.91 Å². The molecule has 1 N–H and O–H groups in total. The number of nitrogens with one attached hydrogen (secondary N) is 1. The molecule has 0 saturated heterocycles. The summed E-state index contributed by atoms with van der Waals surface area (Å²) in [5.41, 5.74) is 1.90. The minimum atomic E-state index is -0.0666. The highest BCUT2D eigenvalue weighted by molar-refractivity contribution is 7.12. The molecule has 0 unspecified atom stereocenters. The number of rotatable bonds is 4. The van der Waals surface area contributed by atoms with Gasteiger partial charge in [0.1, 0.15) is 0 Å². The Morgan fingerprint density at radius 2 is 2.26 bits per heavy atom. The van der Waals surface area contributed by atoms with E-state index in [-0.39, 0.29) is 5.91 Å². The molecule has 2 aromatic heterocycles. The van der Waals surface area contributed by atoms with E-state index in [2.05, 4.69) is 15.3 Å². The molecule has 0 aliphatic heterocycles. The Balaban J connectivity index is 1.99. The molecule has 1 amide bonds. The van der Waals surface area contributed by atoms with Gasteiger partial charge in [0, 0.05) is 20.3 Å². The molecule has 2 aromatic rings. The van der Waals surface area contributed by atoms with Crippen molar-refractivity contribution >= 4 is 23.2 Å². The van der Waals surface area contributed by atoms with Crippen LogP contribution in [0.15, 0.2) is 23.7 Å². The summed E-state index contributed by atoms with van der Waals surface area (Å²) in [6, 6.07) is 3.68. The zero-order valence-corrected chi connectivity index (χ0v) is 12.0. The quantitative estimate of drug-likeness (QED) is 0.925. The number of hydrogen-bond donors (Lipinski definition) is 1. The van der Waals surface area contributed by atoms with Crippen molar-refractivity contribution in [2.75, 3.05) is 19.0 Å². The molecule has 0 radical (unpaired) electrons. The molecular formula is C13H16N4OS. The Morgan fingerprint density at radius 3 is 2.89 bits per heavy atom. The zero-order chi connectivity index (χ0) is 13.8. The van der Waals surface area contributed by atoms with Gasteiger partial charge < -0.3 is 10.2 Å². The van der Waals surface area contributed by atoms with Crippen LogP contribution in [-0.4, -0.2) is 30.0 Å². The number of hydrogen-bond acceptors (Lipinski definition) is 5. The molecule has 0 atom stereocenters. The highest BCUT2D eigenvalue weighted by Crippen LogP contribution is 2.13. The first-order valence-electron chi connectivity index (χ1n) is 5.89. The van der Waals surface area contributed by atoms with Crippen molar-refractivity contribution in [3.63, 3.8) is 0 Å². The van der Waals surface area contributed by atoms with E-state index in [0.29, 0.717) is 12.5 Å². The number of thiophene rings is 1. The van der Waals surface area contributed by atoms with Crippen molar-refractivity contribution in [1.29, 1.82) is 0 Å². The van der Waals surface area contributed by atoms with Gasteiger partial charge in [-0.3, -0.25) is 4.79 Å². The average Bonchev–Trinajstić information content (AvgIpc) is 2.83. The summed E-state index contributed by atoms with van der Waals surface area (Å²) < 4.78 is 0. The summed E-state index contributed by atoms with van der Waals surface area (Å²) in [7, 11) is 3.76. The second-order valence-electron chi connectivity index (χ2n) is 4.41. The van der Waals surface area contributed by atoms with Crippen LogP contribution in [0.3, 0.4) is 0 Å². The topological polar surface area (TPSA) is 58.1 Å². The van der Waals surface area contributed by atoms with Crippen LogP contribution < -0.4 is 10.2 Å². The van der Waals surface area contributed by atoms with E-state index in [0.717, 1.165) is 16.1 Å². The molecule has 0 aromatic carbocycles. The fourth-order valence-electron chi connectivity index (χ4n) is 1.51. The molecule has 19 heavy (non-hydrogen) atoms. The lowest BCUT2D eigenvalue weighted by Crippen LogP contribution is -2.23. The summed E-state index contributed by atoms with van der Waals surface area (Å²) in [5, 5.41) is 4.82. The highest BCUT2D eigenvalue weighted by Gasteiger charge is 2.08. The standard InChI is InChI=1S/C13H16N4OS/c1-9-6-11(19-8-9)12(18)15-7-10-4-5-14-13(16-10)17(2)3/h4-6,8H,7H2,1-3H3,(H,15,18). The normalized spacial score (nSPS) is 10.3. The smallest absolute Gasteiger partial charge is 0.261 e. The lowest BCUT2D eigenvalue weighted by Gasteiger charge is -2.10. The number of aryl methyl sites for hydroxylation is 1. The van der Waals surface area contributed by atoms with Gasteiger partial charge in [-0.2, -0.15) is 0 Å². The highest BCUT2D eigenvalue weighted by atomic mass is 32.1. The fraction of sp³-hybridized carbons (Fsp3) is 0.308. The van der Waals surface area contributed by atoms with Crippen LogP contribution in [-0.2, 0) is 6.54 Å². The minimum Gasteiger partial charge on any atom is -0.347 e. The van der Waals surface area contributed by atoms with Gasteiger partial charge in [0.15, 0.2) is 0 Å². The molecule has 6 heteroatoms. The summed E-state index contributed by atoms with van der Waals surface area (Å²) in [5.74, 6) is 0.571. The predicted octanol–water partition coefficient (Wildman–Crippen LogP) is 1.84. The summed E-state index contributed by atoms with van der Waals surface area (Å²) in [6.45, 7) is 2.38. The van der Waals surface area contributed by atoms with E-state index >= 15 is 0 Å². The van der Waals surface area contributed by atoms with Crippen LogP contribution in [0, 0.1) is 6.92 Å². The van der Waals surface area contributed by atoms with Crippen molar-refractivity contribution in [1.82, 2.24) is 15.3 Å². The third-order valence-corrected chi connectivity index (χ3v) is 3.53. The van der Waals surface area contributed by atoms with E-state index in [1.165, 1.54) is 11.3 Å². The molecular weight excluding hydrogens is 260 g/mol. The Kier molecular flexibility index (Phi) is 4.11. The first kappa shape index (κ1) is 13.5. The van der Waals surface area contributed by atoms with E-state index in [4.69, 9.17) is 0 Å². The molecule has 0 spiro atoms. The third-order valence-electron chi connectivity index (χ3n) is 2.48. The first-order chi connectivity index (χ1) is 9.06. The maximum atomic E-state index is 11.9. The maximum absolute atomic E-state index is 11.9. The van der Waals surface area contributed by atoms with Crippen LogP contribution >= 0.6 is 11.3 Å². The predicted molar refractivity (Wildman–Crippen MR) is 76.6 cm³/mol. The molecule has 0 bridgehead atoms. The van der Waals surface area contributed by atoms with Crippen molar-refractivity contribution in [2.45, 2.75) is 13.5 Å². The van der Waals surface area contributed by atoms with Gasteiger partial charge >= 0.3 is 0 Å². The summed E-state index contributed by atoms with van der Waals surface area (Å²) >= 11 is 1.45. The Morgan fingerprint density at radius 1 is 1.47 bits per heavy atom. The summed E-state index contributed by atoms with van der Waals surface area (Å²) in [4.78, 5) is 22.9. The second-order valence-corrected chi connectivity index (χ2v) is 5.32.